The van der Waals surface area contributed by atoms with Gasteiger partial charge >= 0.3 is 0 Å². The number of hydrogen-bond donors (Lipinski definition) is 1. The van der Waals surface area contributed by atoms with E-state index in [2.05, 4.69) is 15.9 Å². The monoisotopic (exact) mass is 324 g/mol. The normalized spacial score (nSPS) is 18.8. The number of anilines is 2. The second-order valence-corrected chi connectivity index (χ2v) is 6.66. The average Bonchev–Trinajstić information content (AvgIpc) is 2.22. The zero-order chi connectivity index (χ0) is 14.4. The minimum atomic E-state index is -0.270. The van der Waals surface area contributed by atoms with Gasteiger partial charge in [-0.2, -0.15) is 0 Å². The van der Waals surface area contributed by atoms with Crippen LogP contribution in [-0.4, -0.2) is 11.8 Å². The lowest BCUT2D eigenvalue weighted by Gasteiger charge is -2.35. The number of nitrogens with two attached hydrogens (primary N) is 1. The van der Waals surface area contributed by atoms with Gasteiger partial charge in [-0.05, 0) is 46.0 Å². The van der Waals surface area contributed by atoms with Crippen LogP contribution in [0.2, 0.25) is 0 Å². The number of imide groups is 1. The number of rotatable bonds is 1. The summed E-state index contributed by atoms with van der Waals surface area (Å²) in [5, 5.41) is 0. The highest BCUT2D eigenvalue weighted by atomic mass is 79.9. The number of aryl methyl sites for hydroxylation is 1. The van der Waals surface area contributed by atoms with Gasteiger partial charge in [-0.15, -0.1) is 0 Å². The number of amides is 2. The molecule has 1 aromatic carbocycles. The molecule has 102 valence electrons. The van der Waals surface area contributed by atoms with E-state index in [9.17, 15) is 9.59 Å². The van der Waals surface area contributed by atoms with Gasteiger partial charge in [-0.25, -0.2) is 4.90 Å². The van der Waals surface area contributed by atoms with E-state index < -0.39 is 0 Å². The van der Waals surface area contributed by atoms with Crippen molar-refractivity contribution in [3.63, 3.8) is 0 Å². The molecule has 0 aliphatic carbocycles. The molecule has 4 nitrogen and oxygen atoms in total. The lowest BCUT2D eigenvalue weighted by Crippen LogP contribution is -2.46. The molecule has 2 N–H and O–H groups in total. The fraction of sp³-hybridized carbons (Fsp3) is 0.429. The second-order valence-electron chi connectivity index (χ2n) is 5.80. The van der Waals surface area contributed by atoms with Crippen molar-refractivity contribution in [1.82, 2.24) is 0 Å². The summed E-state index contributed by atoms with van der Waals surface area (Å²) in [5.74, 6) is -0.351. The van der Waals surface area contributed by atoms with E-state index in [-0.39, 0.29) is 17.2 Å². The SMILES string of the molecule is Cc1cc(Br)c(N2C(=O)CC(C)(C)CC2=O)cc1N. The topological polar surface area (TPSA) is 63.4 Å². The van der Waals surface area contributed by atoms with Gasteiger partial charge in [-0.1, -0.05) is 13.8 Å². The Morgan fingerprint density at radius 1 is 1.21 bits per heavy atom. The summed E-state index contributed by atoms with van der Waals surface area (Å²) < 4.78 is 0.709. The van der Waals surface area contributed by atoms with Crippen LogP contribution in [0.15, 0.2) is 16.6 Å². The van der Waals surface area contributed by atoms with E-state index in [0.29, 0.717) is 28.7 Å². The fourth-order valence-electron chi connectivity index (χ4n) is 2.30. The van der Waals surface area contributed by atoms with E-state index >= 15 is 0 Å². The van der Waals surface area contributed by atoms with Crippen molar-refractivity contribution in [2.45, 2.75) is 33.6 Å². The van der Waals surface area contributed by atoms with Crippen LogP contribution in [0.25, 0.3) is 0 Å². The molecule has 1 aliphatic rings. The molecule has 1 aromatic rings. The molecule has 2 amide bonds. The number of nitrogen functional groups attached to an aromatic ring is 1. The van der Waals surface area contributed by atoms with Crippen molar-refractivity contribution in [3.8, 4) is 0 Å². The predicted molar refractivity (Wildman–Crippen MR) is 78.8 cm³/mol. The standard InChI is InChI=1S/C14H17BrN2O2/c1-8-4-9(15)11(5-10(8)16)17-12(18)6-14(2,3)7-13(17)19/h4-5H,6-7,16H2,1-3H3. The molecular weight excluding hydrogens is 308 g/mol. The number of carbonyl (C=O) groups is 2. The molecule has 0 radical (unpaired) electrons. The van der Waals surface area contributed by atoms with Crippen LogP contribution < -0.4 is 10.6 Å². The maximum absolute atomic E-state index is 12.2. The van der Waals surface area contributed by atoms with Crippen molar-refractivity contribution in [1.29, 1.82) is 0 Å². The Hall–Kier alpha value is -1.36. The highest BCUT2D eigenvalue weighted by Crippen LogP contribution is 2.38. The van der Waals surface area contributed by atoms with Gasteiger partial charge in [0.1, 0.15) is 0 Å². The van der Waals surface area contributed by atoms with Crippen molar-refractivity contribution in [2.24, 2.45) is 5.41 Å². The molecule has 0 saturated carbocycles. The van der Waals surface area contributed by atoms with E-state index in [1.807, 2.05) is 26.8 Å². The van der Waals surface area contributed by atoms with Crippen LogP contribution in [0, 0.1) is 12.3 Å². The highest BCUT2D eigenvalue weighted by molar-refractivity contribution is 9.10. The van der Waals surface area contributed by atoms with E-state index in [4.69, 9.17) is 5.73 Å². The Kier molecular flexibility index (Phi) is 3.43. The molecule has 1 saturated heterocycles. The third kappa shape index (κ3) is 2.66. The molecule has 19 heavy (non-hydrogen) atoms. The molecular formula is C14H17BrN2O2. The lowest BCUT2D eigenvalue weighted by atomic mass is 9.81. The van der Waals surface area contributed by atoms with Crippen LogP contribution >= 0.6 is 15.9 Å². The summed E-state index contributed by atoms with van der Waals surface area (Å²) in [6.45, 7) is 5.74. The van der Waals surface area contributed by atoms with Crippen LogP contribution in [0.3, 0.4) is 0 Å². The molecule has 0 unspecified atom stereocenters. The smallest absolute Gasteiger partial charge is 0.234 e. The van der Waals surface area contributed by atoms with Crippen LogP contribution in [0.1, 0.15) is 32.3 Å². The summed E-state index contributed by atoms with van der Waals surface area (Å²) in [6.07, 6.45) is 0.720. The molecule has 0 bridgehead atoms. The first-order valence-corrected chi connectivity index (χ1v) is 6.92. The Bertz CT molecular complexity index is 547. The summed E-state index contributed by atoms with van der Waals surface area (Å²) in [4.78, 5) is 25.7. The van der Waals surface area contributed by atoms with Gasteiger partial charge < -0.3 is 5.73 Å². The van der Waals surface area contributed by atoms with Gasteiger partial charge in [0.25, 0.3) is 0 Å². The third-order valence-corrected chi connectivity index (χ3v) is 3.97. The van der Waals surface area contributed by atoms with Gasteiger partial charge in [0.05, 0.1) is 5.69 Å². The summed E-state index contributed by atoms with van der Waals surface area (Å²) in [6, 6.07) is 3.50. The van der Waals surface area contributed by atoms with Crippen molar-refractivity contribution in [2.75, 3.05) is 10.6 Å². The molecule has 2 rings (SSSR count). The van der Waals surface area contributed by atoms with Crippen LogP contribution in [-0.2, 0) is 9.59 Å². The summed E-state index contributed by atoms with van der Waals surface area (Å²) >= 11 is 3.40. The molecule has 0 aromatic heterocycles. The van der Waals surface area contributed by atoms with Gasteiger partial charge in [0.15, 0.2) is 0 Å². The maximum Gasteiger partial charge on any atom is 0.234 e. The number of piperidine rings is 1. The molecule has 0 spiro atoms. The van der Waals surface area contributed by atoms with E-state index in [0.717, 1.165) is 5.56 Å². The fourth-order valence-corrected chi connectivity index (χ4v) is 2.93. The zero-order valence-electron chi connectivity index (χ0n) is 11.3. The van der Waals surface area contributed by atoms with Crippen molar-refractivity contribution >= 4 is 39.1 Å². The molecule has 0 atom stereocenters. The summed E-state index contributed by atoms with van der Waals surface area (Å²) in [5.41, 5.74) is 7.62. The molecule has 5 heteroatoms. The molecule has 1 aliphatic heterocycles. The Balaban J connectivity index is 2.45. The van der Waals surface area contributed by atoms with E-state index in [1.165, 1.54) is 4.90 Å². The maximum atomic E-state index is 12.2. The Morgan fingerprint density at radius 3 is 2.26 bits per heavy atom. The van der Waals surface area contributed by atoms with E-state index in [1.54, 1.807) is 6.07 Å². The highest BCUT2D eigenvalue weighted by Gasteiger charge is 2.38. The number of hydrogen-bond acceptors (Lipinski definition) is 3. The van der Waals surface area contributed by atoms with Crippen molar-refractivity contribution in [3.05, 3.63) is 22.2 Å². The number of carbonyl (C=O) groups excluding carboxylic acids is 2. The summed E-state index contributed by atoms with van der Waals surface area (Å²) in [7, 11) is 0. The first-order valence-electron chi connectivity index (χ1n) is 6.13. The average molecular weight is 325 g/mol. The quantitative estimate of drug-likeness (QED) is 0.638. The second kappa shape index (κ2) is 4.63. The van der Waals surface area contributed by atoms with Gasteiger partial charge in [0.2, 0.25) is 11.8 Å². The van der Waals surface area contributed by atoms with Gasteiger partial charge in [0, 0.05) is 23.0 Å². The number of halogens is 1. The lowest BCUT2D eigenvalue weighted by molar-refractivity contribution is -0.132. The molecule has 1 heterocycles. The zero-order valence-corrected chi connectivity index (χ0v) is 12.9. The number of benzene rings is 1. The minimum Gasteiger partial charge on any atom is -0.398 e. The van der Waals surface area contributed by atoms with Crippen LogP contribution in [0.4, 0.5) is 11.4 Å². The first kappa shape index (κ1) is 14.1. The first-order chi connectivity index (χ1) is 8.71. The van der Waals surface area contributed by atoms with Crippen LogP contribution in [0.5, 0.6) is 0 Å². The minimum absolute atomic E-state index is 0.176. The third-order valence-electron chi connectivity index (χ3n) is 3.33. The molecule has 1 fully saturated rings. The Labute approximate surface area is 121 Å². The number of nitrogens with zero attached hydrogens (tertiary/aromatic N) is 1. The van der Waals surface area contributed by atoms with Crippen molar-refractivity contribution < 1.29 is 9.59 Å². The van der Waals surface area contributed by atoms with Gasteiger partial charge in [-0.3, -0.25) is 9.59 Å². The Morgan fingerprint density at radius 2 is 1.74 bits per heavy atom. The predicted octanol–water partition coefficient (Wildman–Crippen LogP) is 3.02. The largest absolute Gasteiger partial charge is 0.398 e.